The number of rotatable bonds is 2. The number of hydrogen-bond acceptors (Lipinski definition) is 2. The fourth-order valence-corrected chi connectivity index (χ4v) is 3.71. The van der Waals surface area contributed by atoms with E-state index in [1.54, 1.807) is 0 Å². The summed E-state index contributed by atoms with van der Waals surface area (Å²) in [6, 6.07) is 16.2. The first-order chi connectivity index (χ1) is 13.7. The van der Waals surface area contributed by atoms with Crippen LogP contribution >= 0.6 is 23.2 Å². The molecule has 0 spiro atoms. The maximum Gasteiger partial charge on any atom is 0.0406 e. The largest absolute Gasteiger partial charge is 0.316 e. The Kier molecular flexibility index (Phi) is 8.63. The van der Waals surface area contributed by atoms with Gasteiger partial charge in [-0.05, 0) is 91.9 Å². The summed E-state index contributed by atoms with van der Waals surface area (Å²) in [5.41, 5.74) is 5.48. The van der Waals surface area contributed by atoms with Gasteiger partial charge < -0.3 is 10.6 Å². The molecule has 0 saturated heterocycles. The van der Waals surface area contributed by atoms with Crippen molar-refractivity contribution in [3.63, 3.8) is 0 Å². The average molecular weight is 415 g/mol. The lowest BCUT2D eigenvalue weighted by molar-refractivity contribution is 0.718. The van der Waals surface area contributed by atoms with E-state index in [4.69, 9.17) is 23.2 Å². The maximum atomic E-state index is 5.85. The molecule has 4 heteroatoms. The zero-order valence-electron chi connectivity index (χ0n) is 16.2. The standard InChI is InChI=1S/2C12H14ClN/c2*13-12-5-3-11(4-6-12)10-2-1-8-14-9-7-10/h3-7,14H,1-2,8-9H2;2-6,14H,1,7-9H2. The van der Waals surface area contributed by atoms with Gasteiger partial charge in [0.15, 0.2) is 0 Å². The first-order valence-corrected chi connectivity index (χ1v) is 10.8. The minimum absolute atomic E-state index is 0.807. The molecular formula is C24H28Cl2N2. The van der Waals surface area contributed by atoms with Crippen molar-refractivity contribution in [3.05, 3.63) is 81.9 Å². The molecule has 2 aromatic rings. The highest BCUT2D eigenvalue weighted by Crippen LogP contribution is 2.23. The molecule has 2 heterocycles. The van der Waals surface area contributed by atoms with Gasteiger partial charge in [-0.15, -0.1) is 0 Å². The second-order valence-electron chi connectivity index (χ2n) is 7.07. The van der Waals surface area contributed by atoms with Gasteiger partial charge >= 0.3 is 0 Å². The second-order valence-corrected chi connectivity index (χ2v) is 7.94. The van der Waals surface area contributed by atoms with E-state index >= 15 is 0 Å². The molecule has 2 nitrogen and oxygen atoms in total. The van der Waals surface area contributed by atoms with Gasteiger partial charge in [0.1, 0.15) is 0 Å². The van der Waals surface area contributed by atoms with Crippen LogP contribution in [0.3, 0.4) is 0 Å². The molecule has 2 N–H and O–H groups in total. The molecular weight excluding hydrogens is 387 g/mol. The SMILES string of the molecule is Clc1ccc(C2=CCCNCC2)cc1.Clc1ccc(C2=CCNCCC2)cc1. The van der Waals surface area contributed by atoms with Crippen LogP contribution in [0, 0.1) is 0 Å². The molecule has 0 atom stereocenters. The van der Waals surface area contributed by atoms with Crippen LogP contribution in [0.25, 0.3) is 11.1 Å². The predicted octanol–water partition coefficient (Wildman–Crippen LogP) is 6.21. The van der Waals surface area contributed by atoms with Gasteiger partial charge in [0.05, 0.1) is 0 Å². The molecule has 0 aromatic heterocycles. The molecule has 0 radical (unpaired) electrons. The van der Waals surface area contributed by atoms with Gasteiger partial charge in [0.25, 0.3) is 0 Å². The summed E-state index contributed by atoms with van der Waals surface area (Å²) < 4.78 is 0. The molecule has 2 aromatic carbocycles. The summed E-state index contributed by atoms with van der Waals surface area (Å²) >= 11 is 11.7. The van der Waals surface area contributed by atoms with Crippen molar-refractivity contribution in [2.45, 2.75) is 25.7 Å². The highest BCUT2D eigenvalue weighted by Gasteiger charge is 2.05. The number of allylic oxidation sites excluding steroid dienone is 1. The van der Waals surface area contributed by atoms with Crippen LogP contribution in [0.15, 0.2) is 60.7 Å². The van der Waals surface area contributed by atoms with E-state index in [2.05, 4.69) is 47.1 Å². The number of benzene rings is 2. The van der Waals surface area contributed by atoms with Gasteiger partial charge in [-0.2, -0.15) is 0 Å². The molecule has 0 bridgehead atoms. The van der Waals surface area contributed by atoms with Gasteiger partial charge in [0.2, 0.25) is 0 Å². The van der Waals surface area contributed by atoms with E-state index in [-0.39, 0.29) is 0 Å². The molecule has 28 heavy (non-hydrogen) atoms. The molecule has 0 fully saturated rings. The molecule has 148 valence electrons. The van der Waals surface area contributed by atoms with E-state index in [9.17, 15) is 0 Å². The highest BCUT2D eigenvalue weighted by molar-refractivity contribution is 6.30. The summed E-state index contributed by atoms with van der Waals surface area (Å²) in [6.07, 6.45) is 9.21. The van der Waals surface area contributed by atoms with Crippen molar-refractivity contribution >= 4 is 34.3 Å². The topological polar surface area (TPSA) is 24.1 Å². The van der Waals surface area contributed by atoms with Crippen molar-refractivity contribution in [1.82, 2.24) is 10.6 Å². The lowest BCUT2D eigenvalue weighted by atomic mass is 10.0. The lowest BCUT2D eigenvalue weighted by Gasteiger charge is -2.05. The van der Waals surface area contributed by atoms with Crippen LogP contribution < -0.4 is 10.6 Å². The Balaban J connectivity index is 0.000000161. The van der Waals surface area contributed by atoms with Crippen LogP contribution in [0.4, 0.5) is 0 Å². The Hall–Kier alpha value is -1.58. The van der Waals surface area contributed by atoms with Crippen LogP contribution in [0.5, 0.6) is 0 Å². The smallest absolute Gasteiger partial charge is 0.0406 e. The molecule has 0 amide bonds. The summed E-state index contributed by atoms with van der Waals surface area (Å²) in [5, 5.41) is 8.35. The minimum Gasteiger partial charge on any atom is -0.316 e. The van der Waals surface area contributed by atoms with Crippen LogP contribution in [0.1, 0.15) is 36.8 Å². The number of nitrogens with one attached hydrogen (secondary N) is 2. The Morgan fingerprint density at radius 3 is 1.86 bits per heavy atom. The fourth-order valence-electron chi connectivity index (χ4n) is 3.45. The summed E-state index contributed by atoms with van der Waals surface area (Å²) in [5.74, 6) is 0. The van der Waals surface area contributed by atoms with E-state index < -0.39 is 0 Å². The zero-order valence-corrected chi connectivity index (χ0v) is 17.7. The summed E-state index contributed by atoms with van der Waals surface area (Å²) in [7, 11) is 0. The average Bonchev–Trinajstić information content (AvgIpc) is 3.15. The molecule has 4 rings (SSSR count). The zero-order chi connectivity index (χ0) is 19.6. The monoisotopic (exact) mass is 414 g/mol. The van der Waals surface area contributed by atoms with Crippen molar-refractivity contribution in [3.8, 4) is 0 Å². The fraction of sp³-hybridized carbons (Fsp3) is 0.333. The van der Waals surface area contributed by atoms with Gasteiger partial charge in [-0.1, -0.05) is 59.6 Å². The predicted molar refractivity (Wildman–Crippen MR) is 123 cm³/mol. The third kappa shape index (κ3) is 6.79. The summed E-state index contributed by atoms with van der Waals surface area (Å²) in [6.45, 7) is 4.27. The van der Waals surface area contributed by atoms with Crippen molar-refractivity contribution in [2.75, 3.05) is 26.2 Å². The molecule has 0 unspecified atom stereocenters. The van der Waals surface area contributed by atoms with Crippen molar-refractivity contribution < 1.29 is 0 Å². The van der Waals surface area contributed by atoms with Gasteiger partial charge in [0, 0.05) is 16.6 Å². The Bertz CT molecular complexity index is 723. The van der Waals surface area contributed by atoms with Crippen molar-refractivity contribution in [1.29, 1.82) is 0 Å². The number of halogens is 2. The normalized spacial score (nSPS) is 17.4. The quantitative estimate of drug-likeness (QED) is 0.609. The van der Waals surface area contributed by atoms with Gasteiger partial charge in [-0.3, -0.25) is 0 Å². The Labute approximate surface area is 178 Å². The summed E-state index contributed by atoms with van der Waals surface area (Å²) in [4.78, 5) is 0. The molecule has 2 aliphatic rings. The van der Waals surface area contributed by atoms with E-state index in [0.29, 0.717) is 0 Å². The Morgan fingerprint density at radius 1 is 0.607 bits per heavy atom. The van der Waals surface area contributed by atoms with E-state index in [1.165, 1.54) is 28.7 Å². The highest BCUT2D eigenvalue weighted by atomic mass is 35.5. The third-order valence-electron chi connectivity index (χ3n) is 5.01. The number of hydrogen-bond donors (Lipinski definition) is 2. The first-order valence-electron chi connectivity index (χ1n) is 10.0. The molecule has 2 aliphatic heterocycles. The van der Waals surface area contributed by atoms with Gasteiger partial charge in [-0.25, -0.2) is 0 Å². The van der Waals surface area contributed by atoms with E-state index in [1.807, 2.05) is 24.3 Å². The van der Waals surface area contributed by atoms with Crippen molar-refractivity contribution in [2.24, 2.45) is 0 Å². The Morgan fingerprint density at radius 2 is 1.21 bits per heavy atom. The van der Waals surface area contributed by atoms with Crippen LogP contribution in [0.2, 0.25) is 10.0 Å². The second kappa shape index (κ2) is 11.4. The van der Waals surface area contributed by atoms with E-state index in [0.717, 1.165) is 55.5 Å². The minimum atomic E-state index is 0.807. The first kappa shape index (κ1) is 21.1. The molecule has 0 saturated carbocycles. The maximum absolute atomic E-state index is 5.85. The lowest BCUT2D eigenvalue weighted by Crippen LogP contribution is -2.13. The third-order valence-corrected chi connectivity index (χ3v) is 5.51. The van der Waals surface area contributed by atoms with Crippen LogP contribution in [-0.4, -0.2) is 26.2 Å². The molecule has 0 aliphatic carbocycles. The van der Waals surface area contributed by atoms with Crippen LogP contribution in [-0.2, 0) is 0 Å².